The number of aryl methyl sites for hydroxylation is 1. The molecule has 0 unspecified atom stereocenters. The van der Waals surface area contributed by atoms with Crippen molar-refractivity contribution in [3.8, 4) is 5.75 Å². The van der Waals surface area contributed by atoms with Crippen molar-refractivity contribution in [3.63, 3.8) is 0 Å². The predicted molar refractivity (Wildman–Crippen MR) is 114 cm³/mol. The highest BCUT2D eigenvalue weighted by Gasteiger charge is 2.07. The van der Waals surface area contributed by atoms with E-state index in [-0.39, 0.29) is 5.91 Å². The van der Waals surface area contributed by atoms with Gasteiger partial charge in [-0.25, -0.2) is 0 Å². The molecule has 0 aliphatic carbocycles. The van der Waals surface area contributed by atoms with E-state index in [1.807, 2.05) is 48.5 Å². The largest absolute Gasteiger partial charge is 0.494 e. The second-order valence-electron chi connectivity index (χ2n) is 5.93. The molecule has 0 heterocycles. The zero-order valence-electron chi connectivity index (χ0n) is 14.3. The Morgan fingerprint density at radius 2 is 1.73 bits per heavy atom. The quantitative estimate of drug-likeness (QED) is 0.373. The minimum Gasteiger partial charge on any atom is -0.494 e. The molecule has 1 N–H and O–H groups in total. The van der Waals surface area contributed by atoms with Gasteiger partial charge in [-0.2, -0.15) is 0 Å². The van der Waals surface area contributed by atoms with Crippen LogP contribution in [0.5, 0.6) is 5.75 Å². The van der Waals surface area contributed by atoms with Crippen LogP contribution in [0, 0.1) is 3.57 Å². The number of benzene rings is 3. The highest BCUT2D eigenvalue weighted by atomic mass is 127. The number of halogens is 1. The average Bonchev–Trinajstić information content (AvgIpc) is 2.66. The highest BCUT2D eigenvalue weighted by molar-refractivity contribution is 14.1. The summed E-state index contributed by atoms with van der Waals surface area (Å²) in [5, 5.41) is 2.92. The number of carbonyl (C=O) groups excluding carboxylic acids is 1. The molecule has 0 bridgehead atoms. The Labute approximate surface area is 167 Å². The van der Waals surface area contributed by atoms with Crippen molar-refractivity contribution in [2.75, 3.05) is 11.9 Å². The third kappa shape index (κ3) is 5.59. The third-order valence-corrected chi connectivity index (χ3v) is 4.57. The molecule has 0 atom stereocenters. The molecule has 4 heteroatoms. The molecule has 3 aromatic rings. The number of carbonyl (C=O) groups is 1. The van der Waals surface area contributed by atoms with Crippen LogP contribution in [-0.4, -0.2) is 12.5 Å². The van der Waals surface area contributed by atoms with Crippen LogP contribution in [-0.2, 0) is 6.42 Å². The Morgan fingerprint density at radius 3 is 2.54 bits per heavy atom. The van der Waals surface area contributed by atoms with E-state index in [0.29, 0.717) is 12.2 Å². The summed E-state index contributed by atoms with van der Waals surface area (Å²) in [4.78, 5) is 12.3. The summed E-state index contributed by atoms with van der Waals surface area (Å²) in [5.41, 5.74) is 2.69. The Morgan fingerprint density at radius 1 is 0.923 bits per heavy atom. The molecule has 1 amide bonds. The summed E-state index contributed by atoms with van der Waals surface area (Å²) in [6.07, 6.45) is 1.94. The first-order valence-electron chi connectivity index (χ1n) is 8.54. The van der Waals surface area contributed by atoms with Crippen molar-refractivity contribution in [3.05, 3.63) is 93.6 Å². The van der Waals surface area contributed by atoms with Gasteiger partial charge in [-0.1, -0.05) is 42.5 Å². The van der Waals surface area contributed by atoms with Gasteiger partial charge < -0.3 is 10.1 Å². The maximum absolute atomic E-state index is 12.3. The van der Waals surface area contributed by atoms with E-state index in [1.54, 1.807) is 6.07 Å². The molecular weight excluding hydrogens is 437 g/mol. The Hall–Kier alpha value is -2.34. The van der Waals surface area contributed by atoms with Crippen LogP contribution >= 0.6 is 22.6 Å². The summed E-state index contributed by atoms with van der Waals surface area (Å²) < 4.78 is 6.86. The lowest BCUT2D eigenvalue weighted by molar-refractivity contribution is 0.102. The number of hydrogen-bond donors (Lipinski definition) is 1. The van der Waals surface area contributed by atoms with Crippen molar-refractivity contribution in [1.29, 1.82) is 0 Å². The Balaban J connectivity index is 1.52. The normalized spacial score (nSPS) is 10.3. The molecule has 0 aromatic heterocycles. The third-order valence-electron chi connectivity index (χ3n) is 3.90. The van der Waals surface area contributed by atoms with Gasteiger partial charge in [0.2, 0.25) is 0 Å². The fraction of sp³-hybridized carbons (Fsp3) is 0.136. The minimum atomic E-state index is -0.121. The van der Waals surface area contributed by atoms with Gasteiger partial charge in [0.25, 0.3) is 5.91 Å². The maximum Gasteiger partial charge on any atom is 0.255 e. The molecule has 0 spiro atoms. The molecular formula is C22H20INO2. The van der Waals surface area contributed by atoms with Crippen molar-refractivity contribution in [2.24, 2.45) is 0 Å². The average molecular weight is 457 g/mol. The zero-order valence-corrected chi connectivity index (χ0v) is 16.5. The van der Waals surface area contributed by atoms with Crippen LogP contribution in [0.15, 0.2) is 78.9 Å². The Bertz CT molecular complexity index is 865. The Kier molecular flexibility index (Phi) is 6.66. The highest BCUT2D eigenvalue weighted by Crippen LogP contribution is 2.19. The van der Waals surface area contributed by atoms with Crippen molar-refractivity contribution in [1.82, 2.24) is 0 Å². The van der Waals surface area contributed by atoms with Crippen molar-refractivity contribution >= 4 is 34.2 Å². The summed E-state index contributed by atoms with van der Waals surface area (Å²) in [5.74, 6) is 0.642. The first-order chi connectivity index (χ1) is 12.7. The molecule has 0 aliphatic rings. The lowest BCUT2D eigenvalue weighted by Crippen LogP contribution is -2.12. The van der Waals surface area contributed by atoms with Gasteiger partial charge in [0.1, 0.15) is 5.75 Å². The standard InChI is InChI=1S/C22H20INO2/c23-19-11-4-10-18(15-19)22(25)24-20-12-5-13-21(16-20)26-14-6-9-17-7-2-1-3-8-17/h1-5,7-8,10-13,15-16H,6,9,14H2,(H,24,25). The first-order valence-corrected chi connectivity index (χ1v) is 9.62. The van der Waals surface area contributed by atoms with E-state index >= 15 is 0 Å². The van der Waals surface area contributed by atoms with Crippen molar-refractivity contribution in [2.45, 2.75) is 12.8 Å². The summed E-state index contributed by atoms with van der Waals surface area (Å²) in [7, 11) is 0. The molecule has 0 radical (unpaired) electrons. The number of amides is 1. The van der Waals surface area contributed by atoms with Gasteiger partial charge in [-0.3, -0.25) is 4.79 Å². The van der Waals surface area contributed by atoms with Crippen LogP contribution in [0.2, 0.25) is 0 Å². The van der Waals surface area contributed by atoms with Crippen molar-refractivity contribution < 1.29 is 9.53 Å². The molecule has 0 fully saturated rings. The number of rotatable bonds is 7. The summed E-state index contributed by atoms with van der Waals surface area (Å²) in [6.45, 7) is 0.642. The molecule has 3 aromatic carbocycles. The van der Waals surface area contributed by atoms with Crippen LogP contribution < -0.4 is 10.1 Å². The van der Waals surface area contributed by atoms with Crippen LogP contribution in [0.4, 0.5) is 5.69 Å². The van der Waals surface area contributed by atoms with E-state index in [0.717, 1.165) is 27.8 Å². The second kappa shape index (κ2) is 9.38. The topological polar surface area (TPSA) is 38.3 Å². The van der Waals surface area contributed by atoms with E-state index in [9.17, 15) is 4.79 Å². The minimum absolute atomic E-state index is 0.121. The predicted octanol–water partition coefficient (Wildman–Crippen LogP) is 5.56. The number of anilines is 1. The molecule has 3 rings (SSSR count). The van der Waals surface area contributed by atoms with E-state index in [2.05, 4.69) is 52.2 Å². The zero-order chi connectivity index (χ0) is 18.2. The molecule has 26 heavy (non-hydrogen) atoms. The fourth-order valence-electron chi connectivity index (χ4n) is 2.61. The van der Waals surface area contributed by atoms with Crippen LogP contribution in [0.3, 0.4) is 0 Å². The van der Waals surface area contributed by atoms with E-state index < -0.39 is 0 Å². The van der Waals surface area contributed by atoms with Gasteiger partial charge in [-0.05, 0) is 71.3 Å². The summed E-state index contributed by atoms with van der Waals surface area (Å²) >= 11 is 2.20. The molecule has 3 nitrogen and oxygen atoms in total. The van der Waals surface area contributed by atoms with Gasteiger partial charge in [-0.15, -0.1) is 0 Å². The van der Waals surface area contributed by atoms with Gasteiger partial charge >= 0.3 is 0 Å². The van der Waals surface area contributed by atoms with Gasteiger partial charge in [0, 0.05) is 20.9 Å². The second-order valence-corrected chi connectivity index (χ2v) is 7.18. The first kappa shape index (κ1) is 18.5. The molecule has 0 aliphatic heterocycles. The lowest BCUT2D eigenvalue weighted by atomic mass is 10.1. The number of ether oxygens (including phenoxy) is 1. The van der Waals surface area contributed by atoms with E-state index in [1.165, 1.54) is 5.56 Å². The van der Waals surface area contributed by atoms with E-state index in [4.69, 9.17) is 4.74 Å². The summed E-state index contributed by atoms with van der Waals surface area (Å²) in [6, 6.07) is 25.4. The SMILES string of the molecule is O=C(Nc1cccc(OCCCc2ccccc2)c1)c1cccc(I)c1. The van der Waals surface area contributed by atoms with Gasteiger partial charge in [0.15, 0.2) is 0 Å². The number of nitrogens with one attached hydrogen (secondary N) is 1. The van der Waals surface area contributed by atoms with Crippen LogP contribution in [0.1, 0.15) is 22.3 Å². The maximum atomic E-state index is 12.3. The van der Waals surface area contributed by atoms with Crippen LogP contribution in [0.25, 0.3) is 0 Å². The number of hydrogen-bond acceptors (Lipinski definition) is 2. The monoisotopic (exact) mass is 457 g/mol. The lowest BCUT2D eigenvalue weighted by Gasteiger charge is -2.09. The molecule has 0 saturated heterocycles. The molecule has 132 valence electrons. The van der Waals surface area contributed by atoms with Gasteiger partial charge in [0.05, 0.1) is 6.61 Å². The fourth-order valence-corrected chi connectivity index (χ4v) is 3.15. The smallest absolute Gasteiger partial charge is 0.255 e. The molecule has 0 saturated carbocycles.